The van der Waals surface area contributed by atoms with Gasteiger partial charge in [-0.2, -0.15) is 0 Å². The topological polar surface area (TPSA) is 61.4 Å². The number of hydrogen-bond donors (Lipinski definition) is 3. The van der Waals surface area contributed by atoms with Gasteiger partial charge in [0.2, 0.25) is 5.91 Å². The maximum Gasteiger partial charge on any atom is 0.227 e. The van der Waals surface area contributed by atoms with E-state index in [0.717, 1.165) is 82.6 Å². The lowest BCUT2D eigenvalue weighted by Crippen LogP contribution is -2.27. The van der Waals surface area contributed by atoms with Crippen molar-refractivity contribution in [3.63, 3.8) is 0 Å². The summed E-state index contributed by atoms with van der Waals surface area (Å²) in [4.78, 5) is 13.3. The number of hydrogen-bond acceptors (Lipinski definition) is 3. The van der Waals surface area contributed by atoms with Crippen molar-refractivity contribution < 1.29 is 9.90 Å². The number of amides is 1. The first-order valence-corrected chi connectivity index (χ1v) is 13.5. The molecule has 3 N–H and O–H groups in total. The van der Waals surface area contributed by atoms with Crippen molar-refractivity contribution in [3.05, 3.63) is 72.8 Å². The van der Waals surface area contributed by atoms with Crippen LogP contribution >= 0.6 is 0 Å². The van der Waals surface area contributed by atoms with Crippen molar-refractivity contribution in [2.75, 3.05) is 10.6 Å². The molecule has 0 spiro atoms. The van der Waals surface area contributed by atoms with Gasteiger partial charge in [0.15, 0.2) is 0 Å². The second-order valence-corrected chi connectivity index (χ2v) is 10.5. The maximum absolute atomic E-state index is 13.3. The molecule has 1 amide bonds. The van der Waals surface area contributed by atoms with Gasteiger partial charge in [0.25, 0.3) is 0 Å². The fraction of sp³-hybridized carbons (Fsp3) is 0.344. The van der Waals surface area contributed by atoms with Gasteiger partial charge in [-0.05, 0) is 59.4 Å². The normalized spacial score (nSPS) is 17.6. The number of aliphatic hydroxyl groups excluding tert-OH is 1. The molecule has 4 aromatic carbocycles. The Morgan fingerprint density at radius 2 is 1.22 bits per heavy atom. The fourth-order valence-corrected chi connectivity index (χ4v) is 6.28. The van der Waals surface area contributed by atoms with Crippen molar-refractivity contribution in [3.8, 4) is 11.1 Å². The van der Waals surface area contributed by atoms with E-state index < -0.39 is 6.23 Å². The van der Waals surface area contributed by atoms with Gasteiger partial charge in [0, 0.05) is 34.3 Å². The minimum Gasteiger partial charge on any atom is -0.374 e. The van der Waals surface area contributed by atoms with Crippen LogP contribution in [0.15, 0.2) is 72.8 Å². The molecule has 36 heavy (non-hydrogen) atoms. The molecule has 0 aliphatic heterocycles. The number of fused-ring (bicyclic) bond motifs is 2. The van der Waals surface area contributed by atoms with E-state index in [1.807, 2.05) is 6.07 Å². The van der Waals surface area contributed by atoms with Crippen molar-refractivity contribution in [2.45, 2.75) is 57.6 Å². The summed E-state index contributed by atoms with van der Waals surface area (Å²) in [7, 11) is 0. The molecule has 4 aromatic rings. The summed E-state index contributed by atoms with van der Waals surface area (Å²) in [6, 6.07) is 25.1. The first-order valence-electron chi connectivity index (χ1n) is 13.5. The average molecular weight is 479 g/mol. The molecule has 0 aromatic heterocycles. The molecule has 2 saturated carbocycles. The summed E-state index contributed by atoms with van der Waals surface area (Å²) in [6.07, 6.45) is 8.02. The highest BCUT2D eigenvalue weighted by Gasteiger charge is 2.27. The van der Waals surface area contributed by atoms with Crippen LogP contribution < -0.4 is 10.6 Å². The third-order valence-electron chi connectivity index (χ3n) is 8.24. The zero-order chi connectivity index (χ0) is 24.5. The van der Waals surface area contributed by atoms with E-state index in [0.29, 0.717) is 0 Å². The molecule has 0 saturated heterocycles. The highest BCUT2D eigenvalue weighted by molar-refractivity contribution is 6.15. The van der Waals surface area contributed by atoms with Crippen LogP contribution in [0.5, 0.6) is 0 Å². The van der Waals surface area contributed by atoms with E-state index in [9.17, 15) is 9.90 Å². The number of benzene rings is 4. The predicted octanol–water partition coefficient (Wildman–Crippen LogP) is 7.71. The molecule has 4 heteroatoms. The Bertz CT molecular complexity index is 1400. The van der Waals surface area contributed by atoms with E-state index in [2.05, 4.69) is 77.4 Å². The Morgan fingerprint density at radius 3 is 1.86 bits per heavy atom. The Kier molecular flexibility index (Phi) is 6.37. The third-order valence-corrected chi connectivity index (χ3v) is 8.24. The molecular formula is C32H34N2O2. The second-order valence-electron chi connectivity index (χ2n) is 10.5. The monoisotopic (exact) mass is 478 g/mol. The molecule has 0 heterocycles. The molecule has 0 bridgehead atoms. The summed E-state index contributed by atoms with van der Waals surface area (Å²) in [5.74, 6) is 0.460. The largest absolute Gasteiger partial charge is 0.374 e. The van der Waals surface area contributed by atoms with Crippen LogP contribution in [0.3, 0.4) is 0 Å². The molecule has 2 fully saturated rings. The zero-order valence-corrected chi connectivity index (χ0v) is 20.7. The van der Waals surface area contributed by atoms with Crippen LogP contribution in [0, 0.1) is 11.8 Å². The van der Waals surface area contributed by atoms with Crippen molar-refractivity contribution >= 4 is 38.8 Å². The van der Waals surface area contributed by atoms with Gasteiger partial charge in [-0.3, -0.25) is 4.79 Å². The van der Waals surface area contributed by atoms with E-state index in [4.69, 9.17) is 0 Å². The average Bonchev–Trinajstić information content (AvgIpc) is 3.64. The number of carbonyl (C=O) groups excluding carboxylic acids is 1. The quantitative estimate of drug-likeness (QED) is 0.249. The summed E-state index contributed by atoms with van der Waals surface area (Å²) in [5, 5.41) is 22.4. The van der Waals surface area contributed by atoms with Gasteiger partial charge < -0.3 is 15.7 Å². The molecule has 2 aliphatic carbocycles. The number of rotatable bonds is 6. The van der Waals surface area contributed by atoms with Crippen LogP contribution in [-0.2, 0) is 4.79 Å². The lowest BCUT2D eigenvalue weighted by atomic mass is 9.90. The van der Waals surface area contributed by atoms with Crippen LogP contribution in [-0.4, -0.2) is 17.2 Å². The van der Waals surface area contributed by atoms with Gasteiger partial charge in [-0.1, -0.05) is 86.3 Å². The lowest BCUT2D eigenvalue weighted by molar-refractivity contribution is -0.119. The highest BCUT2D eigenvalue weighted by atomic mass is 16.3. The van der Waals surface area contributed by atoms with E-state index in [1.54, 1.807) is 0 Å². The first kappa shape index (κ1) is 23.1. The number of carbonyl (C=O) groups is 1. The summed E-state index contributed by atoms with van der Waals surface area (Å²) in [5.41, 5.74) is 3.78. The SMILES string of the molecule is O=C(Nc1ccc2ccccc2c1-c1c(NC(O)C2CCCC2)ccc2ccccc12)C1CCCC1. The Morgan fingerprint density at radius 1 is 0.694 bits per heavy atom. The predicted molar refractivity (Wildman–Crippen MR) is 149 cm³/mol. The van der Waals surface area contributed by atoms with E-state index in [1.165, 1.54) is 12.8 Å². The van der Waals surface area contributed by atoms with Crippen molar-refractivity contribution in [1.82, 2.24) is 0 Å². The summed E-state index contributed by atoms with van der Waals surface area (Å²) >= 11 is 0. The molecule has 0 radical (unpaired) electrons. The molecule has 2 aliphatic rings. The molecule has 1 unspecified atom stereocenters. The van der Waals surface area contributed by atoms with Crippen LogP contribution in [0.2, 0.25) is 0 Å². The molecule has 4 nitrogen and oxygen atoms in total. The number of aliphatic hydroxyl groups is 1. The van der Waals surface area contributed by atoms with E-state index >= 15 is 0 Å². The van der Waals surface area contributed by atoms with Gasteiger partial charge in [0.05, 0.1) is 0 Å². The van der Waals surface area contributed by atoms with Crippen molar-refractivity contribution in [1.29, 1.82) is 0 Å². The van der Waals surface area contributed by atoms with Crippen LogP contribution in [0.4, 0.5) is 11.4 Å². The van der Waals surface area contributed by atoms with Gasteiger partial charge in [-0.15, -0.1) is 0 Å². The minimum atomic E-state index is -0.598. The fourth-order valence-electron chi connectivity index (χ4n) is 6.28. The standard InChI is InChI=1S/C32H34N2O2/c35-31(23-11-1-2-12-23)33-27-19-17-21-9-5-7-15-25(21)29(27)30-26-16-8-6-10-22(26)18-20-28(30)34-32(36)24-13-3-4-14-24/h5-10,15-20,23-24,31,33,35H,1-4,11-14H2,(H,34,36). The third kappa shape index (κ3) is 4.35. The number of anilines is 2. The summed E-state index contributed by atoms with van der Waals surface area (Å²) in [6.45, 7) is 0. The second kappa shape index (κ2) is 9.94. The minimum absolute atomic E-state index is 0.0821. The molecular weight excluding hydrogens is 444 g/mol. The van der Waals surface area contributed by atoms with Gasteiger partial charge in [0.1, 0.15) is 6.23 Å². The van der Waals surface area contributed by atoms with Crippen molar-refractivity contribution in [2.24, 2.45) is 11.8 Å². The highest BCUT2D eigenvalue weighted by Crippen LogP contribution is 2.44. The van der Waals surface area contributed by atoms with Crippen LogP contribution in [0.25, 0.3) is 32.7 Å². The maximum atomic E-state index is 13.3. The smallest absolute Gasteiger partial charge is 0.227 e. The first-order chi connectivity index (χ1) is 17.7. The molecule has 184 valence electrons. The Hall–Kier alpha value is -3.37. The zero-order valence-electron chi connectivity index (χ0n) is 20.7. The van der Waals surface area contributed by atoms with Crippen LogP contribution in [0.1, 0.15) is 51.4 Å². The Balaban J connectivity index is 1.54. The summed E-state index contributed by atoms with van der Waals surface area (Å²) < 4.78 is 0. The lowest BCUT2D eigenvalue weighted by Gasteiger charge is -2.25. The molecule has 1 atom stereocenters. The Labute approximate surface area is 212 Å². The number of nitrogens with one attached hydrogen (secondary N) is 2. The van der Waals surface area contributed by atoms with Gasteiger partial charge >= 0.3 is 0 Å². The van der Waals surface area contributed by atoms with Gasteiger partial charge in [-0.25, -0.2) is 0 Å². The molecule has 6 rings (SSSR count). The van der Waals surface area contributed by atoms with E-state index in [-0.39, 0.29) is 17.7 Å².